The molecule has 0 saturated carbocycles. The van der Waals surface area contributed by atoms with Gasteiger partial charge in [-0.25, -0.2) is 5.43 Å². The van der Waals surface area contributed by atoms with Crippen LogP contribution in [0.5, 0.6) is 0 Å². The predicted octanol–water partition coefficient (Wildman–Crippen LogP) is 3.78. The van der Waals surface area contributed by atoms with E-state index in [0.717, 1.165) is 5.71 Å². The number of rotatable bonds is 4. The summed E-state index contributed by atoms with van der Waals surface area (Å²) in [5, 5.41) is 9.09. The maximum atomic E-state index is 12.2. The summed E-state index contributed by atoms with van der Waals surface area (Å²) in [5.41, 5.74) is 3.86. The first-order valence-electron chi connectivity index (χ1n) is 6.43. The second-order valence-electron chi connectivity index (χ2n) is 4.60. The van der Waals surface area contributed by atoms with Crippen LogP contribution in [-0.2, 0) is 0 Å². The predicted molar refractivity (Wildman–Crippen MR) is 90.0 cm³/mol. The summed E-state index contributed by atoms with van der Waals surface area (Å²) in [6.45, 7) is 3.54. The Labute approximate surface area is 137 Å². The molecule has 0 spiro atoms. The fourth-order valence-electron chi connectivity index (χ4n) is 1.62. The fraction of sp³-hybridized carbons (Fsp3) is 0.133. The zero-order valence-electron chi connectivity index (χ0n) is 12.0. The van der Waals surface area contributed by atoms with Crippen molar-refractivity contribution in [1.82, 2.24) is 5.43 Å². The lowest BCUT2D eigenvalue weighted by atomic mass is 10.2. The van der Waals surface area contributed by atoms with Crippen molar-refractivity contribution in [3.8, 4) is 0 Å². The van der Waals surface area contributed by atoms with Gasteiger partial charge >= 0.3 is 0 Å². The van der Waals surface area contributed by atoms with E-state index >= 15 is 0 Å². The van der Waals surface area contributed by atoms with E-state index in [2.05, 4.69) is 15.8 Å². The Morgan fingerprint density at radius 1 is 1.09 bits per heavy atom. The van der Waals surface area contributed by atoms with E-state index in [1.807, 2.05) is 0 Å². The largest absolute Gasteiger partial charge is 0.313 e. The van der Waals surface area contributed by atoms with Crippen LogP contribution in [0.15, 0.2) is 40.8 Å². The van der Waals surface area contributed by atoms with Crippen molar-refractivity contribution < 1.29 is 9.59 Å². The molecule has 2 amide bonds. The van der Waals surface area contributed by atoms with Crippen molar-refractivity contribution >= 4 is 45.5 Å². The van der Waals surface area contributed by atoms with Crippen LogP contribution in [0.25, 0.3) is 0 Å². The van der Waals surface area contributed by atoms with Gasteiger partial charge in [0.15, 0.2) is 0 Å². The van der Waals surface area contributed by atoms with Crippen LogP contribution in [0, 0.1) is 0 Å². The van der Waals surface area contributed by atoms with E-state index in [0.29, 0.717) is 21.2 Å². The number of nitrogens with zero attached hydrogens (tertiary/aromatic N) is 1. The highest BCUT2D eigenvalue weighted by molar-refractivity contribution is 7.14. The number of hydrogen-bond acceptors (Lipinski definition) is 4. The van der Waals surface area contributed by atoms with Gasteiger partial charge in [-0.2, -0.15) is 5.10 Å². The van der Waals surface area contributed by atoms with Crippen molar-refractivity contribution in [2.24, 2.45) is 5.10 Å². The summed E-state index contributed by atoms with van der Waals surface area (Å²) in [6.07, 6.45) is 0. The van der Waals surface area contributed by atoms with Gasteiger partial charge in [0.05, 0.1) is 16.1 Å². The molecule has 0 aliphatic heterocycles. The highest BCUT2D eigenvalue weighted by Crippen LogP contribution is 2.25. The average Bonchev–Trinajstić information content (AvgIpc) is 2.93. The van der Waals surface area contributed by atoms with Crippen molar-refractivity contribution in [2.45, 2.75) is 13.8 Å². The molecular formula is C15H14ClN3O2S. The summed E-state index contributed by atoms with van der Waals surface area (Å²) < 4.78 is 0. The number of amides is 2. The topological polar surface area (TPSA) is 70.6 Å². The molecule has 2 aromatic rings. The molecule has 5 nitrogen and oxygen atoms in total. The maximum absolute atomic E-state index is 12.2. The molecule has 1 heterocycles. The Morgan fingerprint density at radius 3 is 2.50 bits per heavy atom. The molecule has 0 radical (unpaired) electrons. The first-order chi connectivity index (χ1) is 10.5. The number of carbonyl (C=O) groups excluding carboxylic acids is 2. The van der Waals surface area contributed by atoms with Gasteiger partial charge in [-0.1, -0.05) is 23.7 Å². The standard InChI is InChI=1S/C15H14ClN3O2S/c1-9(2)18-19-14(21)11-7-8-22-15(11)17-13(20)10-5-3-4-6-12(10)16/h3-8H,1-2H3,(H,17,20)(H,19,21). The van der Waals surface area contributed by atoms with E-state index < -0.39 is 0 Å². The molecule has 0 atom stereocenters. The van der Waals surface area contributed by atoms with Crippen LogP contribution < -0.4 is 10.7 Å². The number of halogens is 1. The molecule has 1 aromatic carbocycles. The summed E-state index contributed by atoms with van der Waals surface area (Å²) >= 11 is 7.25. The lowest BCUT2D eigenvalue weighted by molar-refractivity contribution is 0.0956. The van der Waals surface area contributed by atoms with E-state index in [1.54, 1.807) is 49.6 Å². The van der Waals surface area contributed by atoms with E-state index in [1.165, 1.54) is 11.3 Å². The number of hydrogen-bond donors (Lipinski definition) is 2. The van der Waals surface area contributed by atoms with Gasteiger partial charge in [-0.15, -0.1) is 11.3 Å². The van der Waals surface area contributed by atoms with Crippen LogP contribution in [0.3, 0.4) is 0 Å². The number of anilines is 1. The lowest BCUT2D eigenvalue weighted by Gasteiger charge is -2.07. The van der Waals surface area contributed by atoms with Crippen molar-refractivity contribution in [3.63, 3.8) is 0 Å². The molecule has 7 heteroatoms. The number of carbonyl (C=O) groups is 2. The minimum absolute atomic E-state index is 0.353. The second kappa shape index (κ2) is 7.20. The van der Waals surface area contributed by atoms with Gasteiger partial charge in [0.1, 0.15) is 5.00 Å². The van der Waals surface area contributed by atoms with Gasteiger partial charge in [0, 0.05) is 5.71 Å². The molecule has 2 rings (SSSR count). The van der Waals surface area contributed by atoms with Crippen LogP contribution >= 0.6 is 22.9 Å². The molecule has 114 valence electrons. The first kappa shape index (κ1) is 16.2. The molecule has 2 N–H and O–H groups in total. The number of hydrazone groups is 1. The van der Waals surface area contributed by atoms with Crippen LogP contribution in [0.4, 0.5) is 5.00 Å². The molecule has 0 fully saturated rings. The number of thiophene rings is 1. The Bertz CT molecular complexity index is 736. The van der Waals surface area contributed by atoms with Crippen LogP contribution in [0.1, 0.15) is 34.6 Å². The summed E-state index contributed by atoms with van der Waals surface area (Å²) in [6, 6.07) is 8.35. The number of nitrogens with one attached hydrogen (secondary N) is 2. The minimum atomic E-state index is -0.378. The van der Waals surface area contributed by atoms with Gasteiger partial charge in [0.2, 0.25) is 0 Å². The Hall–Kier alpha value is -2.18. The van der Waals surface area contributed by atoms with Crippen molar-refractivity contribution in [2.75, 3.05) is 5.32 Å². The van der Waals surface area contributed by atoms with Crippen LogP contribution in [0.2, 0.25) is 5.02 Å². The van der Waals surface area contributed by atoms with Gasteiger partial charge in [-0.05, 0) is 37.4 Å². The highest BCUT2D eigenvalue weighted by atomic mass is 35.5. The Morgan fingerprint density at radius 2 is 1.82 bits per heavy atom. The third kappa shape index (κ3) is 3.93. The monoisotopic (exact) mass is 335 g/mol. The van der Waals surface area contributed by atoms with Crippen LogP contribution in [-0.4, -0.2) is 17.5 Å². The minimum Gasteiger partial charge on any atom is -0.313 e. The molecule has 0 unspecified atom stereocenters. The number of benzene rings is 1. The Balaban J connectivity index is 2.16. The molecule has 0 aliphatic rings. The summed E-state index contributed by atoms with van der Waals surface area (Å²) in [7, 11) is 0. The SMILES string of the molecule is CC(C)=NNC(=O)c1ccsc1NC(=O)c1ccccc1Cl. The second-order valence-corrected chi connectivity index (χ2v) is 5.92. The van der Waals surface area contributed by atoms with Gasteiger partial charge in [0.25, 0.3) is 11.8 Å². The molecular weight excluding hydrogens is 322 g/mol. The molecule has 0 aliphatic carbocycles. The van der Waals surface area contributed by atoms with E-state index in [-0.39, 0.29) is 11.8 Å². The zero-order valence-corrected chi connectivity index (χ0v) is 13.6. The first-order valence-corrected chi connectivity index (χ1v) is 7.69. The average molecular weight is 336 g/mol. The quantitative estimate of drug-likeness (QED) is 0.659. The van der Waals surface area contributed by atoms with Gasteiger partial charge in [-0.3, -0.25) is 9.59 Å². The third-order valence-corrected chi connectivity index (χ3v) is 3.80. The maximum Gasteiger partial charge on any atom is 0.274 e. The third-order valence-electron chi connectivity index (χ3n) is 2.64. The molecule has 0 bridgehead atoms. The smallest absolute Gasteiger partial charge is 0.274 e. The highest BCUT2D eigenvalue weighted by Gasteiger charge is 2.16. The lowest BCUT2D eigenvalue weighted by Crippen LogP contribution is -2.20. The van der Waals surface area contributed by atoms with Crippen molar-refractivity contribution in [1.29, 1.82) is 0 Å². The fourth-order valence-corrected chi connectivity index (χ4v) is 2.62. The summed E-state index contributed by atoms with van der Waals surface area (Å²) in [4.78, 5) is 24.3. The van der Waals surface area contributed by atoms with E-state index in [4.69, 9.17) is 11.6 Å². The van der Waals surface area contributed by atoms with Gasteiger partial charge < -0.3 is 5.32 Å². The molecule has 1 aromatic heterocycles. The van der Waals surface area contributed by atoms with Crippen molar-refractivity contribution in [3.05, 3.63) is 51.9 Å². The normalized spacial score (nSPS) is 9.95. The zero-order chi connectivity index (χ0) is 16.1. The van der Waals surface area contributed by atoms with E-state index in [9.17, 15) is 9.59 Å². The summed E-state index contributed by atoms with van der Waals surface area (Å²) in [5.74, 6) is -0.741. The molecule has 22 heavy (non-hydrogen) atoms. The Kier molecular flexibility index (Phi) is 5.30. The molecule has 0 saturated heterocycles.